The zero-order chi connectivity index (χ0) is 16.5. The Balaban J connectivity index is 2.08. The van der Waals surface area contributed by atoms with E-state index < -0.39 is 0 Å². The Morgan fingerprint density at radius 3 is 2.57 bits per heavy atom. The summed E-state index contributed by atoms with van der Waals surface area (Å²) in [6.07, 6.45) is 0. The molecule has 1 N–H and O–H groups in total. The lowest BCUT2D eigenvalue weighted by Gasteiger charge is -2.22. The molecule has 0 aromatic heterocycles. The van der Waals surface area contributed by atoms with Gasteiger partial charge in [-0.15, -0.1) is 0 Å². The number of hydrogen-bond acceptors (Lipinski definition) is 2. The third kappa shape index (κ3) is 5.15. The van der Waals surface area contributed by atoms with Gasteiger partial charge in [0.1, 0.15) is 0 Å². The molecule has 23 heavy (non-hydrogen) atoms. The first-order valence-electron chi connectivity index (χ1n) is 7.75. The number of benzene rings is 2. The highest BCUT2D eigenvalue weighted by molar-refractivity contribution is 5.79. The molecule has 0 unspecified atom stereocenters. The molecule has 4 heteroatoms. The van der Waals surface area contributed by atoms with E-state index >= 15 is 0 Å². The van der Waals surface area contributed by atoms with Crippen LogP contribution in [-0.4, -0.2) is 24.5 Å². The Labute approximate surface area is 138 Å². The Bertz CT molecular complexity index is 686. The van der Waals surface area contributed by atoms with Crippen LogP contribution in [0.15, 0.2) is 59.6 Å². The van der Waals surface area contributed by atoms with E-state index in [-0.39, 0.29) is 0 Å². The van der Waals surface area contributed by atoms with Crippen molar-refractivity contribution < 1.29 is 0 Å². The summed E-state index contributed by atoms with van der Waals surface area (Å²) in [5.74, 6) is 0.860. The Morgan fingerprint density at radius 1 is 1.13 bits per heavy atom. The molecule has 0 atom stereocenters. The SMILES string of the molecule is CCNC(=NCc1cccc(C#N)c1)N(C)Cc1ccccc1. The summed E-state index contributed by atoms with van der Waals surface area (Å²) >= 11 is 0. The van der Waals surface area contributed by atoms with Gasteiger partial charge >= 0.3 is 0 Å². The molecular formula is C19H22N4. The van der Waals surface area contributed by atoms with Crippen molar-refractivity contribution in [2.24, 2.45) is 4.99 Å². The standard InChI is InChI=1S/C19H22N4/c1-3-21-19(23(2)15-16-8-5-4-6-9-16)22-14-18-11-7-10-17(12-18)13-20/h4-12H,3,14-15H2,1-2H3,(H,21,22). The van der Waals surface area contributed by atoms with Crippen LogP contribution >= 0.6 is 0 Å². The van der Waals surface area contributed by atoms with Gasteiger partial charge in [0.15, 0.2) is 5.96 Å². The van der Waals surface area contributed by atoms with Gasteiger partial charge in [-0.3, -0.25) is 0 Å². The molecule has 0 fully saturated rings. The fraction of sp³-hybridized carbons (Fsp3) is 0.263. The van der Waals surface area contributed by atoms with Crippen LogP contribution in [0.25, 0.3) is 0 Å². The van der Waals surface area contributed by atoms with Gasteiger partial charge in [-0.05, 0) is 30.2 Å². The van der Waals surface area contributed by atoms with E-state index in [2.05, 4.69) is 40.3 Å². The minimum Gasteiger partial charge on any atom is -0.357 e. The highest BCUT2D eigenvalue weighted by atomic mass is 15.3. The van der Waals surface area contributed by atoms with Crippen molar-refractivity contribution >= 4 is 5.96 Å². The van der Waals surface area contributed by atoms with Crippen LogP contribution in [0.3, 0.4) is 0 Å². The van der Waals surface area contributed by atoms with Crippen molar-refractivity contribution in [1.29, 1.82) is 5.26 Å². The van der Waals surface area contributed by atoms with Crippen LogP contribution in [0.5, 0.6) is 0 Å². The fourth-order valence-electron chi connectivity index (χ4n) is 2.31. The number of rotatable bonds is 5. The molecule has 2 rings (SSSR count). The van der Waals surface area contributed by atoms with E-state index in [0.717, 1.165) is 24.6 Å². The number of nitriles is 1. The van der Waals surface area contributed by atoms with Crippen LogP contribution in [0.1, 0.15) is 23.6 Å². The Kier molecular flexibility index (Phi) is 6.19. The summed E-state index contributed by atoms with van der Waals surface area (Å²) < 4.78 is 0. The average molecular weight is 306 g/mol. The second-order valence-corrected chi connectivity index (χ2v) is 5.32. The second-order valence-electron chi connectivity index (χ2n) is 5.32. The quantitative estimate of drug-likeness (QED) is 0.682. The van der Waals surface area contributed by atoms with E-state index in [4.69, 9.17) is 5.26 Å². The molecule has 0 saturated heterocycles. The van der Waals surface area contributed by atoms with Gasteiger partial charge in [0, 0.05) is 20.1 Å². The molecule has 0 amide bonds. The molecular weight excluding hydrogens is 284 g/mol. The first-order chi connectivity index (χ1) is 11.2. The first-order valence-corrected chi connectivity index (χ1v) is 7.75. The summed E-state index contributed by atoms with van der Waals surface area (Å²) in [6, 6.07) is 20.0. The van der Waals surface area contributed by atoms with Gasteiger partial charge in [-0.1, -0.05) is 42.5 Å². The number of guanidine groups is 1. The third-order valence-electron chi connectivity index (χ3n) is 3.43. The lowest BCUT2D eigenvalue weighted by atomic mass is 10.1. The minimum absolute atomic E-state index is 0.553. The molecule has 0 aliphatic rings. The van der Waals surface area contributed by atoms with Crippen LogP contribution in [0, 0.1) is 11.3 Å². The van der Waals surface area contributed by atoms with E-state index in [1.807, 2.05) is 43.4 Å². The maximum Gasteiger partial charge on any atom is 0.194 e. The van der Waals surface area contributed by atoms with Crippen molar-refractivity contribution in [3.63, 3.8) is 0 Å². The van der Waals surface area contributed by atoms with Gasteiger partial charge in [0.2, 0.25) is 0 Å². The van der Waals surface area contributed by atoms with E-state index in [1.54, 1.807) is 6.07 Å². The lowest BCUT2D eigenvalue weighted by molar-refractivity contribution is 0.477. The predicted molar refractivity (Wildman–Crippen MR) is 93.9 cm³/mol. The fourth-order valence-corrected chi connectivity index (χ4v) is 2.31. The maximum atomic E-state index is 8.97. The van der Waals surface area contributed by atoms with E-state index in [1.165, 1.54) is 5.56 Å². The number of aliphatic imine (C=N–C) groups is 1. The molecule has 4 nitrogen and oxygen atoms in total. The normalized spacial score (nSPS) is 10.9. The first kappa shape index (κ1) is 16.6. The molecule has 0 radical (unpaired) electrons. The maximum absolute atomic E-state index is 8.97. The molecule has 0 spiro atoms. The summed E-state index contributed by atoms with van der Waals surface area (Å²) in [6.45, 7) is 4.22. The topological polar surface area (TPSA) is 51.4 Å². The Hall–Kier alpha value is -2.80. The highest BCUT2D eigenvalue weighted by Gasteiger charge is 2.06. The van der Waals surface area contributed by atoms with Crippen molar-refractivity contribution in [1.82, 2.24) is 10.2 Å². The number of nitrogens with zero attached hydrogens (tertiary/aromatic N) is 3. The van der Waals surface area contributed by atoms with Crippen LogP contribution in [0.4, 0.5) is 0 Å². The van der Waals surface area contributed by atoms with Crippen LogP contribution in [-0.2, 0) is 13.1 Å². The van der Waals surface area contributed by atoms with Crippen molar-refractivity contribution in [3.8, 4) is 6.07 Å². The third-order valence-corrected chi connectivity index (χ3v) is 3.43. The van der Waals surface area contributed by atoms with Gasteiger partial charge in [-0.25, -0.2) is 4.99 Å². The van der Waals surface area contributed by atoms with Gasteiger partial charge < -0.3 is 10.2 Å². The van der Waals surface area contributed by atoms with Crippen molar-refractivity contribution in [2.75, 3.05) is 13.6 Å². The average Bonchev–Trinajstić information content (AvgIpc) is 2.59. The van der Waals surface area contributed by atoms with E-state index in [9.17, 15) is 0 Å². The number of nitrogens with one attached hydrogen (secondary N) is 1. The molecule has 2 aromatic carbocycles. The number of hydrogen-bond donors (Lipinski definition) is 1. The summed E-state index contributed by atoms with van der Waals surface area (Å²) in [5.41, 5.74) is 2.94. The van der Waals surface area contributed by atoms with Gasteiger partial charge in [0.05, 0.1) is 18.2 Å². The zero-order valence-electron chi connectivity index (χ0n) is 13.7. The highest BCUT2D eigenvalue weighted by Crippen LogP contribution is 2.07. The smallest absolute Gasteiger partial charge is 0.194 e. The minimum atomic E-state index is 0.553. The lowest BCUT2D eigenvalue weighted by Crippen LogP contribution is -2.38. The second kappa shape index (κ2) is 8.60. The Morgan fingerprint density at radius 2 is 1.87 bits per heavy atom. The van der Waals surface area contributed by atoms with Gasteiger partial charge in [-0.2, -0.15) is 5.26 Å². The summed E-state index contributed by atoms with van der Waals surface area (Å²) in [4.78, 5) is 6.78. The predicted octanol–water partition coefficient (Wildman–Crippen LogP) is 3.16. The van der Waals surface area contributed by atoms with E-state index in [0.29, 0.717) is 12.1 Å². The van der Waals surface area contributed by atoms with Crippen molar-refractivity contribution in [2.45, 2.75) is 20.0 Å². The molecule has 0 aliphatic carbocycles. The summed E-state index contributed by atoms with van der Waals surface area (Å²) in [5, 5.41) is 12.3. The zero-order valence-corrected chi connectivity index (χ0v) is 13.7. The largest absolute Gasteiger partial charge is 0.357 e. The van der Waals surface area contributed by atoms with Crippen LogP contribution in [0.2, 0.25) is 0 Å². The molecule has 0 heterocycles. The monoisotopic (exact) mass is 306 g/mol. The van der Waals surface area contributed by atoms with Crippen LogP contribution < -0.4 is 5.32 Å². The van der Waals surface area contributed by atoms with Crippen molar-refractivity contribution in [3.05, 3.63) is 71.3 Å². The molecule has 0 aliphatic heterocycles. The molecule has 0 saturated carbocycles. The van der Waals surface area contributed by atoms with Gasteiger partial charge in [0.25, 0.3) is 0 Å². The molecule has 2 aromatic rings. The molecule has 118 valence electrons. The molecule has 0 bridgehead atoms. The summed E-state index contributed by atoms with van der Waals surface area (Å²) in [7, 11) is 2.03.